The Kier molecular flexibility index (Phi) is 3.31. The number of furan rings is 1. The minimum atomic E-state index is -0.519. The number of hydrogen-bond donors (Lipinski definition) is 1. The van der Waals surface area contributed by atoms with Crippen molar-refractivity contribution in [3.63, 3.8) is 0 Å². The van der Waals surface area contributed by atoms with Gasteiger partial charge in [-0.1, -0.05) is 11.8 Å². The number of aliphatic hydroxyl groups is 1. The Balaban J connectivity index is 2.14. The molecule has 0 saturated carbocycles. The smallest absolute Gasteiger partial charge is 0.114 e. The molecule has 1 atom stereocenters. The van der Waals surface area contributed by atoms with Crippen molar-refractivity contribution < 1.29 is 9.52 Å². The highest BCUT2D eigenvalue weighted by Crippen LogP contribution is 2.30. The van der Waals surface area contributed by atoms with Crippen molar-refractivity contribution in [1.29, 1.82) is 0 Å². The molecule has 0 aliphatic heterocycles. The van der Waals surface area contributed by atoms with E-state index in [1.54, 1.807) is 31.1 Å². The lowest BCUT2D eigenvalue weighted by Crippen LogP contribution is -1.94. The van der Waals surface area contributed by atoms with Gasteiger partial charge in [-0.25, -0.2) is 0 Å². The van der Waals surface area contributed by atoms with Gasteiger partial charge in [0.25, 0.3) is 0 Å². The van der Waals surface area contributed by atoms with Crippen LogP contribution in [0.2, 0.25) is 0 Å². The van der Waals surface area contributed by atoms with Gasteiger partial charge >= 0.3 is 0 Å². The van der Waals surface area contributed by atoms with Gasteiger partial charge in [-0.3, -0.25) is 4.98 Å². The van der Waals surface area contributed by atoms with E-state index in [1.807, 2.05) is 25.1 Å². The quantitative estimate of drug-likeness (QED) is 0.887. The van der Waals surface area contributed by atoms with Crippen LogP contribution in [0, 0.1) is 6.92 Å². The zero-order valence-electron chi connectivity index (χ0n) is 9.18. The van der Waals surface area contributed by atoms with Gasteiger partial charge in [0.05, 0.1) is 23.0 Å². The molecule has 0 fully saturated rings. The van der Waals surface area contributed by atoms with Crippen molar-refractivity contribution in [2.24, 2.45) is 0 Å². The van der Waals surface area contributed by atoms with Crippen molar-refractivity contribution in [2.45, 2.75) is 29.7 Å². The average molecular weight is 235 g/mol. The molecule has 16 heavy (non-hydrogen) atoms. The molecule has 1 N–H and O–H groups in total. The molecule has 2 heterocycles. The summed E-state index contributed by atoms with van der Waals surface area (Å²) in [6, 6.07) is 5.72. The van der Waals surface area contributed by atoms with Crippen molar-refractivity contribution in [3.8, 4) is 0 Å². The second kappa shape index (κ2) is 4.72. The second-order valence-corrected chi connectivity index (χ2v) is 4.65. The van der Waals surface area contributed by atoms with Crippen LogP contribution in [0.15, 0.2) is 44.9 Å². The molecule has 4 heteroatoms. The minimum Gasteiger partial charge on any atom is -0.468 e. The third kappa shape index (κ3) is 2.46. The van der Waals surface area contributed by atoms with E-state index in [9.17, 15) is 5.11 Å². The van der Waals surface area contributed by atoms with E-state index in [-0.39, 0.29) is 0 Å². The fraction of sp³-hybridized carbons (Fsp3) is 0.250. The summed E-state index contributed by atoms with van der Waals surface area (Å²) in [5, 5.41) is 9.33. The summed E-state index contributed by atoms with van der Waals surface area (Å²) < 4.78 is 5.22. The molecule has 0 aliphatic carbocycles. The molecule has 2 aromatic heterocycles. The van der Waals surface area contributed by atoms with Crippen LogP contribution in [0.3, 0.4) is 0 Å². The molecule has 0 aliphatic rings. The third-order valence-corrected chi connectivity index (χ3v) is 3.35. The van der Waals surface area contributed by atoms with E-state index >= 15 is 0 Å². The van der Waals surface area contributed by atoms with Gasteiger partial charge in [0.2, 0.25) is 0 Å². The van der Waals surface area contributed by atoms with Crippen LogP contribution < -0.4 is 0 Å². The average Bonchev–Trinajstić information content (AvgIpc) is 2.65. The van der Waals surface area contributed by atoms with E-state index < -0.39 is 6.10 Å². The summed E-state index contributed by atoms with van der Waals surface area (Å²) >= 11 is 1.60. The lowest BCUT2D eigenvalue weighted by Gasteiger charge is -2.04. The number of aromatic nitrogens is 1. The van der Waals surface area contributed by atoms with Crippen LogP contribution in [0.5, 0.6) is 0 Å². The molecule has 0 radical (unpaired) electrons. The van der Waals surface area contributed by atoms with Crippen molar-refractivity contribution in [1.82, 2.24) is 4.98 Å². The number of nitrogens with zero attached hydrogens (tertiary/aromatic N) is 1. The number of hydrogen-bond acceptors (Lipinski definition) is 4. The summed E-state index contributed by atoms with van der Waals surface area (Å²) in [7, 11) is 0. The Hall–Kier alpha value is -1.26. The second-order valence-electron chi connectivity index (χ2n) is 3.54. The highest BCUT2D eigenvalue weighted by atomic mass is 32.2. The van der Waals surface area contributed by atoms with Gasteiger partial charge in [-0.2, -0.15) is 0 Å². The first-order chi connectivity index (χ1) is 7.66. The number of aryl methyl sites for hydroxylation is 1. The maximum Gasteiger partial charge on any atom is 0.114 e. The van der Waals surface area contributed by atoms with E-state index in [2.05, 4.69) is 4.98 Å². The molecule has 0 saturated heterocycles. The molecule has 2 aromatic rings. The maximum atomic E-state index is 9.33. The SMILES string of the molecule is Cc1occc1Sc1ccc(C(C)O)nc1. The molecule has 0 aromatic carbocycles. The molecule has 2 rings (SSSR count). The minimum absolute atomic E-state index is 0.519. The molecule has 84 valence electrons. The predicted octanol–water partition coefficient (Wildman–Crippen LogP) is 3.19. The lowest BCUT2D eigenvalue weighted by atomic mass is 10.2. The highest BCUT2D eigenvalue weighted by molar-refractivity contribution is 7.99. The summed E-state index contributed by atoms with van der Waals surface area (Å²) in [6.45, 7) is 3.63. The number of aliphatic hydroxyl groups excluding tert-OH is 1. The van der Waals surface area contributed by atoms with Gasteiger partial charge in [0.1, 0.15) is 5.76 Å². The van der Waals surface area contributed by atoms with E-state index in [0.717, 1.165) is 15.6 Å². The van der Waals surface area contributed by atoms with Crippen LogP contribution in [0.1, 0.15) is 24.5 Å². The maximum absolute atomic E-state index is 9.33. The summed E-state index contributed by atoms with van der Waals surface area (Å²) in [6.07, 6.45) is 2.92. The molecular formula is C12H13NO2S. The van der Waals surface area contributed by atoms with Gasteiger partial charge < -0.3 is 9.52 Å². The Morgan fingerprint density at radius 3 is 2.69 bits per heavy atom. The van der Waals surface area contributed by atoms with Crippen molar-refractivity contribution >= 4 is 11.8 Å². The standard InChI is InChI=1S/C12H13NO2S/c1-8(14)11-4-3-10(7-13-11)16-12-5-6-15-9(12)2/h3-8,14H,1-2H3. The molecular weight excluding hydrogens is 222 g/mol. The fourth-order valence-corrected chi connectivity index (χ4v) is 2.12. The van der Waals surface area contributed by atoms with Crippen LogP contribution in [0.25, 0.3) is 0 Å². The summed E-state index contributed by atoms with van der Waals surface area (Å²) in [5.41, 5.74) is 0.688. The van der Waals surface area contributed by atoms with Crippen molar-refractivity contribution in [2.75, 3.05) is 0 Å². The molecule has 1 unspecified atom stereocenters. The van der Waals surface area contributed by atoms with Gasteiger partial charge in [-0.15, -0.1) is 0 Å². The van der Waals surface area contributed by atoms with Crippen molar-refractivity contribution in [3.05, 3.63) is 42.1 Å². The topological polar surface area (TPSA) is 46.3 Å². The zero-order valence-corrected chi connectivity index (χ0v) is 9.99. The van der Waals surface area contributed by atoms with E-state index in [1.165, 1.54) is 0 Å². The lowest BCUT2D eigenvalue weighted by molar-refractivity contribution is 0.194. The highest BCUT2D eigenvalue weighted by Gasteiger charge is 2.05. The van der Waals surface area contributed by atoms with E-state index in [0.29, 0.717) is 5.69 Å². The Morgan fingerprint density at radius 2 is 2.19 bits per heavy atom. The Labute approximate surface area is 98.5 Å². The van der Waals surface area contributed by atoms with Crippen LogP contribution >= 0.6 is 11.8 Å². The monoisotopic (exact) mass is 235 g/mol. The molecule has 0 amide bonds. The van der Waals surface area contributed by atoms with Crippen LogP contribution in [-0.4, -0.2) is 10.1 Å². The molecule has 0 bridgehead atoms. The predicted molar refractivity (Wildman–Crippen MR) is 62.4 cm³/mol. The third-order valence-electron chi connectivity index (χ3n) is 2.23. The molecule has 0 spiro atoms. The van der Waals surface area contributed by atoms with Gasteiger partial charge in [-0.05, 0) is 32.0 Å². The summed E-state index contributed by atoms with van der Waals surface area (Å²) in [4.78, 5) is 6.31. The molecule has 3 nitrogen and oxygen atoms in total. The first-order valence-electron chi connectivity index (χ1n) is 5.03. The van der Waals surface area contributed by atoms with Gasteiger partial charge in [0.15, 0.2) is 0 Å². The van der Waals surface area contributed by atoms with E-state index in [4.69, 9.17) is 4.42 Å². The van der Waals surface area contributed by atoms with Crippen LogP contribution in [-0.2, 0) is 0 Å². The normalized spacial score (nSPS) is 12.7. The number of rotatable bonds is 3. The summed E-state index contributed by atoms with van der Waals surface area (Å²) in [5.74, 6) is 0.907. The Bertz CT molecular complexity index is 462. The zero-order chi connectivity index (χ0) is 11.5. The first kappa shape index (κ1) is 11.2. The van der Waals surface area contributed by atoms with Gasteiger partial charge in [0, 0.05) is 11.1 Å². The number of pyridine rings is 1. The largest absolute Gasteiger partial charge is 0.468 e. The fourth-order valence-electron chi connectivity index (χ4n) is 1.31. The first-order valence-corrected chi connectivity index (χ1v) is 5.84. The Morgan fingerprint density at radius 1 is 1.38 bits per heavy atom. The van der Waals surface area contributed by atoms with Crippen LogP contribution in [0.4, 0.5) is 0 Å².